The van der Waals surface area contributed by atoms with Crippen molar-refractivity contribution in [3.05, 3.63) is 28.2 Å². The molecule has 0 saturated carbocycles. The number of halogens is 1. The zero-order valence-electron chi connectivity index (χ0n) is 11.4. The minimum Gasteiger partial charge on any atom is -0.508 e. The predicted octanol–water partition coefficient (Wildman–Crippen LogP) is 3.76. The molecule has 1 aromatic rings. The van der Waals surface area contributed by atoms with Crippen LogP contribution in [0.25, 0.3) is 0 Å². The zero-order chi connectivity index (χ0) is 13.7. The normalized spacial score (nSPS) is 21.3. The van der Waals surface area contributed by atoms with Crippen molar-refractivity contribution in [1.82, 2.24) is 5.32 Å². The lowest BCUT2D eigenvalue weighted by Gasteiger charge is -2.26. The number of nitrogens with one attached hydrogen (secondary N) is 1. The number of aromatic hydroxyl groups is 1. The van der Waals surface area contributed by atoms with Crippen molar-refractivity contribution in [2.45, 2.75) is 44.8 Å². The lowest BCUT2D eigenvalue weighted by Crippen LogP contribution is -2.34. The summed E-state index contributed by atoms with van der Waals surface area (Å²) in [5.74, 6) is 0.354. The quantitative estimate of drug-likeness (QED) is 0.865. The monoisotopic (exact) mass is 327 g/mol. The first kappa shape index (κ1) is 14.8. The molecule has 1 aliphatic rings. The van der Waals surface area contributed by atoms with E-state index >= 15 is 0 Å². The van der Waals surface area contributed by atoms with E-state index in [-0.39, 0.29) is 6.04 Å². The van der Waals surface area contributed by atoms with Gasteiger partial charge in [0.15, 0.2) is 0 Å². The molecule has 0 spiro atoms. The Morgan fingerprint density at radius 2 is 2.32 bits per heavy atom. The molecule has 19 heavy (non-hydrogen) atoms. The molecular weight excluding hydrogens is 306 g/mol. The number of rotatable bonds is 5. The summed E-state index contributed by atoms with van der Waals surface area (Å²) < 4.78 is 6.72. The van der Waals surface area contributed by atoms with Crippen LogP contribution < -0.4 is 5.32 Å². The van der Waals surface area contributed by atoms with Crippen LogP contribution in [0.3, 0.4) is 0 Å². The van der Waals surface area contributed by atoms with Gasteiger partial charge in [-0.15, -0.1) is 0 Å². The molecule has 0 aromatic heterocycles. The van der Waals surface area contributed by atoms with Crippen LogP contribution in [0.5, 0.6) is 5.75 Å². The average molecular weight is 328 g/mol. The summed E-state index contributed by atoms with van der Waals surface area (Å²) in [6.45, 7) is 3.86. The summed E-state index contributed by atoms with van der Waals surface area (Å²) >= 11 is 3.46. The van der Waals surface area contributed by atoms with Gasteiger partial charge in [-0.1, -0.05) is 22.9 Å². The van der Waals surface area contributed by atoms with Gasteiger partial charge in [0.2, 0.25) is 0 Å². The summed E-state index contributed by atoms with van der Waals surface area (Å²) in [5.41, 5.74) is 0.952. The van der Waals surface area contributed by atoms with Crippen molar-refractivity contribution in [2.75, 3.05) is 13.2 Å². The van der Waals surface area contributed by atoms with E-state index in [0.717, 1.165) is 36.0 Å². The van der Waals surface area contributed by atoms with Gasteiger partial charge in [0.25, 0.3) is 0 Å². The molecule has 0 bridgehead atoms. The Morgan fingerprint density at radius 1 is 1.47 bits per heavy atom. The number of hydrogen-bond donors (Lipinski definition) is 2. The first-order valence-corrected chi connectivity index (χ1v) is 7.83. The fourth-order valence-corrected chi connectivity index (χ4v) is 2.90. The van der Waals surface area contributed by atoms with Gasteiger partial charge in [-0.2, -0.15) is 0 Å². The first-order chi connectivity index (χ1) is 9.20. The second kappa shape index (κ2) is 7.27. The van der Waals surface area contributed by atoms with Gasteiger partial charge in [-0.05, 0) is 43.9 Å². The summed E-state index contributed by atoms with van der Waals surface area (Å²) in [4.78, 5) is 0. The van der Waals surface area contributed by atoms with Crippen molar-refractivity contribution in [1.29, 1.82) is 0 Å². The van der Waals surface area contributed by atoms with Crippen LogP contribution in [0.2, 0.25) is 0 Å². The van der Waals surface area contributed by atoms with Crippen molar-refractivity contribution in [3.8, 4) is 5.75 Å². The van der Waals surface area contributed by atoms with E-state index in [0.29, 0.717) is 11.9 Å². The summed E-state index contributed by atoms with van der Waals surface area (Å²) in [6.07, 6.45) is 4.83. The van der Waals surface area contributed by atoms with E-state index in [1.165, 1.54) is 12.8 Å². The van der Waals surface area contributed by atoms with Crippen LogP contribution in [-0.4, -0.2) is 24.4 Å². The van der Waals surface area contributed by atoms with Gasteiger partial charge < -0.3 is 15.2 Å². The van der Waals surface area contributed by atoms with Gasteiger partial charge >= 0.3 is 0 Å². The van der Waals surface area contributed by atoms with E-state index in [2.05, 4.69) is 28.2 Å². The van der Waals surface area contributed by atoms with Crippen molar-refractivity contribution < 1.29 is 9.84 Å². The summed E-state index contributed by atoms with van der Waals surface area (Å²) in [5, 5.41) is 13.5. The Hall–Kier alpha value is -0.580. The van der Waals surface area contributed by atoms with Gasteiger partial charge in [-0.25, -0.2) is 0 Å². The first-order valence-electron chi connectivity index (χ1n) is 7.04. The molecule has 0 radical (unpaired) electrons. The number of phenolic OH excluding ortho intramolecular Hbond substituents is 1. The highest BCUT2D eigenvalue weighted by atomic mass is 79.9. The maximum absolute atomic E-state index is 9.98. The van der Waals surface area contributed by atoms with Gasteiger partial charge in [0.05, 0.1) is 6.10 Å². The molecule has 3 nitrogen and oxygen atoms in total. The van der Waals surface area contributed by atoms with E-state index in [1.54, 1.807) is 6.07 Å². The molecule has 2 atom stereocenters. The Labute approximate surface area is 123 Å². The van der Waals surface area contributed by atoms with Crippen molar-refractivity contribution >= 4 is 15.9 Å². The van der Waals surface area contributed by atoms with Gasteiger partial charge in [0, 0.05) is 29.2 Å². The van der Waals surface area contributed by atoms with Crippen LogP contribution >= 0.6 is 15.9 Å². The highest BCUT2D eigenvalue weighted by Crippen LogP contribution is 2.29. The van der Waals surface area contributed by atoms with Crippen LogP contribution in [0.1, 0.15) is 44.2 Å². The maximum Gasteiger partial charge on any atom is 0.120 e. The SMILES string of the molecule is CCC(NCC1CCCCO1)c1cc(Br)ccc1O. The van der Waals surface area contributed by atoms with E-state index < -0.39 is 0 Å². The average Bonchev–Trinajstić information content (AvgIpc) is 2.44. The Balaban J connectivity index is 1.97. The number of phenols is 1. The third-order valence-electron chi connectivity index (χ3n) is 3.64. The van der Waals surface area contributed by atoms with E-state index in [9.17, 15) is 5.11 Å². The molecule has 1 aromatic carbocycles. The lowest BCUT2D eigenvalue weighted by molar-refractivity contribution is 0.0152. The fourth-order valence-electron chi connectivity index (χ4n) is 2.52. The highest BCUT2D eigenvalue weighted by molar-refractivity contribution is 9.10. The Kier molecular flexibility index (Phi) is 5.67. The second-order valence-electron chi connectivity index (χ2n) is 5.06. The van der Waals surface area contributed by atoms with Crippen molar-refractivity contribution in [3.63, 3.8) is 0 Å². The topological polar surface area (TPSA) is 41.5 Å². The van der Waals surface area contributed by atoms with Crippen LogP contribution in [0.4, 0.5) is 0 Å². The maximum atomic E-state index is 9.98. The molecule has 2 N–H and O–H groups in total. The third-order valence-corrected chi connectivity index (χ3v) is 4.13. The largest absolute Gasteiger partial charge is 0.508 e. The third kappa shape index (κ3) is 4.20. The Morgan fingerprint density at radius 3 is 3.00 bits per heavy atom. The smallest absolute Gasteiger partial charge is 0.120 e. The summed E-state index contributed by atoms with van der Waals surface area (Å²) in [6, 6.07) is 5.75. The minimum absolute atomic E-state index is 0.169. The van der Waals surface area contributed by atoms with Crippen LogP contribution in [0, 0.1) is 0 Å². The molecule has 1 fully saturated rings. The number of benzene rings is 1. The molecule has 106 valence electrons. The molecule has 0 aliphatic carbocycles. The number of hydrogen-bond acceptors (Lipinski definition) is 3. The Bertz CT molecular complexity index is 405. The minimum atomic E-state index is 0.169. The highest BCUT2D eigenvalue weighted by Gasteiger charge is 2.18. The predicted molar refractivity (Wildman–Crippen MR) is 80.4 cm³/mol. The van der Waals surface area contributed by atoms with E-state index in [4.69, 9.17) is 4.74 Å². The molecule has 4 heteroatoms. The van der Waals surface area contributed by atoms with Crippen LogP contribution in [0.15, 0.2) is 22.7 Å². The molecule has 1 saturated heterocycles. The second-order valence-corrected chi connectivity index (χ2v) is 5.98. The standard InChI is InChI=1S/C15H22BrNO2/c1-2-14(13-9-11(16)6-7-15(13)18)17-10-12-5-3-4-8-19-12/h6-7,9,12,14,17-18H,2-5,8,10H2,1H3. The zero-order valence-corrected chi connectivity index (χ0v) is 12.9. The van der Waals surface area contributed by atoms with Crippen LogP contribution in [-0.2, 0) is 4.74 Å². The van der Waals surface area contributed by atoms with Gasteiger partial charge in [0.1, 0.15) is 5.75 Å². The molecule has 0 amide bonds. The summed E-state index contributed by atoms with van der Waals surface area (Å²) in [7, 11) is 0. The molecule has 2 unspecified atom stereocenters. The molecule has 1 aliphatic heterocycles. The van der Waals surface area contributed by atoms with Crippen molar-refractivity contribution in [2.24, 2.45) is 0 Å². The molecular formula is C15H22BrNO2. The van der Waals surface area contributed by atoms with E-state index in [1.807, 2.05) is 12.1 Å². The van der Waals surface area contributed by atoms with Gasteiger partial charge in [-0.3, -0.25) is 0 Å². The lowest BCUT2D eigenvalue weighted by atomic mass is 10.0. The number of ether oxygens (including phenoxy) is 1. The molecule has 2 rings (SSSR count). The fraction of sp³-hybridized carbons (Fsp3) is 0.600. The molecule has 1 heterocycles.